The first kappa shape index (κ1) is 39.6. The lowest BCUT2D eigenvalue weighted by molar-refractivity contribution is -0.456. The number of benzene rings is 1. The molecule has 2 atom stereocenters. The zero-order valence-electron chi connectivity index (χ0n) is 24.9. The summed E-state index contributed by atoms with van der Waals surface area (Å²) in [6.45, 7) is 13.0. The van der Waals surface area contributed by atoms with Crippen LogP contribution in [0.25, 0.3) is 0 Å². The second kappa shape index (κ2) is 12.8. The molecule has 44 heavy (non-hydrogen) atoms. The second-order valence-corrected chi connectivity index (χ2v) is 12.1. The highest BCUT2D eigenvalue weighted by molar-refractivity contribution is 5.73. The van der Waals surface area contributed by atoms with Crippen LogP contribution < -0.4 is 4.74 Å². The quantitative estimate of drug-likeness (QED) is 0.138. The van der Waals surface area contributed by atoms with Gasteiger partial charge in [-0.1, -0.05) is 73.4 Å². The normalized spacial score (nSPS) is 16.0. The van der Waals surface area contributed by atoms with Crippen molar-refractivity contribution in [2.24, 2.45) is 16.7 Å². The number of hydrogen-bond acceptors (Lipinski definition) is 3. The van der Waals surface area contributed by atoms with E-state index in [1.54, 1.807) is 0 Å². The molecule has 1 rings (SSSR count). The van der Waals surface area contributed by atoms with Crippen molar-refractivity contribution in [1.29, 1.82) is 0 Å². The fourth-order valence-electron chi connectivity index (χ4n) is 3.86. The number of rotatable bonds is 15. The van der Waals surface area contributed by atoms with Crippen LogP contribution in [0, 0.1) is 16.7 Å². The Bertz CT molecular complexity index is 1110. The van der Waals surface area contributed by atoms with Crippen molar-refractivity contribution in [1.82, 2.24) is 0 Å². The molecule has 0 saturated heterocycles. The highest BCUT2D eigenvalue weighted by Gasteiger charge is 2.91. The predicted octanol–water partition coefficient (Wildman–Crippen LogP) is 10.3. The molecular formula is C28H35F13O3. The van der Waals surface area contributed by atoms with Crippen LogP contribution in [0.3, 0.4) is 0 Å². The highest BCUT2D eigenvalue weighted by Crippen LogP contribution is 2.60. The maximum Gasteiger partial charge on any atom is 0.471 e. The van der Waals surface area contributed by atoms with E-state index in [2.05, 4.69) is 4.74 Å². The van der Waals surface area contributed by atoms with Crippen LogP contribution in [-0.4, -0.2) is 48.6 Å². The highest BCUT2D eigenvalue weighted by atomic mass is 19.4. The van der Waals surface area contributed by atoms with E-state index in [0.717, 1.165) is 18.6 Å². The Hall–Kier alpha value is -2.42. The lowest BCUT2D eigenvalue weighted by Crippen LogP contribution is -2.70. The Morgan fingerprint density at radius 2 is 1.16 bits per heavy atom. The standard InChI is InChI=1S/C28H35F13O3/c1-8-21(4,5)14-19(22(6,7)9-2)20(42)43-15-16(3)17-10-12-18(13-11-17)44-28(40,41)26(35,36)24(31,32)23(29,30)25(33,34)27(37,38)39/h10-13,16,19H,8-9,14-15H2,1-7H3. The predicted molar refractivity (Wildman–Crippen MR) is 133 cm³/mol. The first-order valence-corrected chi connectivity index (χ1v) is 13.4. The molecule has 0 aliphatic rings. The van der Waals surface area contributed by atoms with Gasteiger partial charge < -0.3 is 9.47 Å². The average Bonchev–Trinajstić information content (AvgIpc) is 2.89. The molecule has 0 N–H and O–H groups in total. The van der Waals surface area contributed by atoms with Crippen LogP contribution in [0.1, 0.15) is 79.2 Å². The van der Waals surface area contributed by atoms with Crippen molar-refractivity contribution in [2.75, 3.05) is 6.61 Å². The summed E-state index contributed by atoms with van der Waals surface area (Å²) in [7, 11) is 0. The van der Waals surface area contributed by atoms with Gasteiger partial charge in [0.05, 0.1) is 12.5 Å². The van der Waals surface area contributed by atoms with Crippen LogP contribution >= 0.6 is 0 Å². The van der Waals surface area contributed by atoms with E-state index in [4.69, 9.17) is 4.74 Å². The Morgan fingerprint density at radius 3 is 1.57 bits per heavy atom. The third kappa shape index (κ3) is 7.68. The SMILES string of the molecule is CCC(C)(C)CC(C(=O)OCC(C)c1ccc(OC(F)(F)C(F)(F)C(F)(F)C(F)(F)C(F)(F)C(F)(F)F)cc1)C(C)(C)CC. The van der Waals surface area contributed by atoms with Gasteiger partial charge in [0.25, 0.3) is 0 Å². The van der Waals surface area contributed by atoms with Gasteiger partial charge in [-0.05, 0) is 34.9 Å². The minimum Gasteiger partial charge on any atom is -0.465 e. The summed E-state index contributed by atoms with van der Waals surface area (Å²) >= 11 is 0. The van der Waals surface area contributed by atoms with Crippen LogP contribution in [0.4, 0.5) is 57.1 Å². The number of halogens is 13. The molecule has 0 amide bonds. The van der Waals surface area contributed by atoms with Crippen molar-refractivity contribution in [3.8, 4) is 5.75 Å². The number of carbonyl (C=O) groups excluding carboxylic acids is 1. The molecule has 1 aromatic rings. The molecule has 0 heterocycles. The summed E-state index contributed by atoms with van der Waals surface area (Å²) in [5.41, 5.74) is -0.389. The molecule has 256 valence electrons. The molecule has 0 aliphatic heterocycles. The van der Waals surface area contributed by atoms with Gasteiger partial charge in [-0.15, -0.1) is 0 Å². The molecule has 0 bridgehead atoms. The van der Waals surface area contributed by atoms with Crippen molar-refractivity contribution < 1.29 is 71.3 Å². The number of hydrogen-bond donors (Lipinski definition) is 0. The molecule has 3 nitrogen and oxygen atoms in total. The van der Waals surface area contributed by atoms with Crippen molar-refractivity contribution in [3.63, 3.8) is 0 Å². The topological polar surface area (TPSA) is 35.5 Å². The van der Waals surface area contributed by atoms with E-state index in [0.29, 0.717) is 25.0 Å². The largest absolute Gasteiger partial charge is 0.471 e. The van der Waals surface area contributed by atoms with E-state index in [1.165, 1.54) is 6.92 Å². The summed E-state index contributed by atoms with van der Waals surface area (Å²) in [6.07, 6.45) is -12.2. The van der Waals surface area contributed by atoms with Gasteiger partial charge in [0.15, 0.2) is 0 Å². The Balaban J connectivity index is 3.12. The first-order chi connectivity index (χ1) is 19.5. The van der Waals surface area contributed by atoms with Crippen LogP contribution in [0.15, 0.2) is 24.3 Å². The monoisotopic (exact) mass is 666 g/mol. The minimum atomic E-state index is -8.01. The molecule has 0 saturated carbocycles. The minimum absolute atomic E-state index is 0.185. The molecule has 16 heteroatoms. The summed E-state index contributed by atoms with van der Waals surface area (Å²) in [5.74, 6) is -34.3. The van der Waals surface area contributed by atoms with Crippen molar-refractivity contribution in [2.45, 2.75) is 110 Å². The fraction of sp³-hybridized carbons (Fsp3) is 0.750. The maximum absolute atomic E-state index is 14.0. The second-order valence-electron chi connectivity index (χ2n) is 12.1. The number of esters is 1. The lowest BCUT2D eigenvalue weighted by atomic mass is 9.68. The van der Waals surface area contributed by atoms with Crippen LogP contribution in [0.2, 0.25) is 0 Å². The van der Waals surface area contributed by atoms with Crippen molar-refractivity contribution in [3.05, 3.63) is 29.8 Å². The molecule has 0 aliphatic carbocycles. The van der Waals surface area contributed by atoms with E-state index in [1.807, 2.05) is 41.5 Å². The van der Waals surface area contributed by atoms with Gasteiger partial charge in [0.1, 0.15) is 5.75 Å². The Kier molecular flexibility index (Phi) is 11.5. The summed E-state index contributed by atoms with van der Waals surface area (Å²) < 4.78 is 182. The first-order valence-electron chi connectivity index (χ1n) is 13.4. The van der Waals surface area contributed by atoms with E-state index in [-0.39, 0.29) is 17.6 Å². The third-order valence-electron chi connectivity index (χ3n) is 7.93. The van der Waals surface area contributed by atoms with Gasteiger partial charge in [0.2, 0.25) is 0 Å². The van der Waals surface area contributed by atoms with E-state index < -0.39 is 64.9 Å². The van der Waals surface area contributed by atoms with Gasteiger partial charge in [-0.2, -0.15) is 57.1 Å². The molecular weight excluding hydrogens is 631 g/mol. The Morgan fingerprint density at radius 1 is 0.705 bits per heavy atom. The summed E-state index contributed by atoms with van der Waals surface area (Å²) in [4.78, 5) is 13.0. The van der Waals surface area contributed by atoms with E-state index >= 15 is 0 Å². The molecule has 0 aromatic heterocycles. The lowest BCUT2D eigenvalue weighted by Gasteiger charge is -2.39. The molecule has 0 radical (unpaired) electrons. The fourth-order valence-corrected chi connectivity index (χ4v) is 3.86. The maximum atomic E-state index is 14.0. The van der Waals surface area contributed by atoms with Gasteiger partial charge >= 0.3 is 41.9 Å². The molecule has 1 aromatic carbocycles. The third-order valence-corrected chi connectivity index (χ3v) is 7.93. The van der Waals surface area contributed by atoms with Crippen molar-refractivity contribution >= 4 is 5.97 Å². The molecule has 0 fully saturated rings. The van der Waals surface area contributed by atoms with Gasteiger partial charge in [-0.3, -0.25) is 4.79 Å². The van der Waals surface area contributed by atoms with Crippen LogP contribution in [0.5, 0.6) is 5.75 Å². The number of carbonyl (C=O) groups is 1. The van der Waals surface area contributed by atoms with Gasteiger partial charge in [0, 0.05) is 5.92 Å². The zero-order chi connectivity index (χ0) is 35.0. The van der Waals surface area contributed by atoms with Crippen LogP contribution in [-0.2, 0) is 9.53 Å². The smallest absolute Gasteiger partial charge is 0.465 e. The Labute approximate surface area is 246 Å². The number of alkyl halides is 13. The van der Waals surface area contributed by atoms with Gasteiger partial charge in [-0.25, -0.2) is 0 Å². The molecule has 0 spiro atoms. The average molecular weight is 667 g/mol. The van der Waals surface area contributed by atoms with E-state index in [9.17, 15) is 61.9 Å². The summed E-state index contributed by atoms with van der Waals surface area (Å²) in [5, 5.41) is 0. The zero-order valence-corrected chi connectivity index (χ0v) is 24.9. The molecule has 2 unspecified atom stereocenters. The number of ether oxygens (including phenoxy) is 2. The summed E-state index contributed by atoms with van der Waals surface area (Å²) in [6, 6.07) is 2.90.